The highest BCUT2D eigenvalue weighted by molar-refractivity contribution is 6.17. The van der Waals surface area contributed by atoms with Crippen molar-refractivity contribution in [3.8, 4) is 0 Å². The highest BCUT2D eigenvalue weighted by atomic mass is 16.5. The first-order chi connectivity index (χ1) is 15.1. The van der Waals surface area contributed by atoms with Crippen LogP contribution in [0.3, 0.4) is 0 Å². The zero-order valence-corrected chi connectivity index (χ0v) is 17.6. The fraction of sp³-hybridized carbons (Fsp3) is 0.148. The zero-order chi connectivity index (χ0) is 21.5. The number of hydrogen-bond donors (Lipinski definition) is 1. The molecule has 2 N–H and O–H groups in total. The van der Waals surface area contributed by atoms with E-state index < -0.39 is 5.91 Å². The number of primary amides is 1. The van der Waals surface area contributed by atoms with Crippen LogP contribution in [-0.2, 0) is 17.9 Å². The summed E-state index contributed by atoms with van der Waals surface area (Å²) in [6, 6.07) is 26.0. The van der Waals surface area contributed by atoms with Gasteiger partial charge in [0.25, 0.3) is 0 Å². The molecule has 4 aromatic carbocycles. The Bertz CT molecular complexity index is 1460. The number of methoxy groups -OCH3 is 1. The lowest BCUT2D eigenvalue weighted by molar-refractivity contribution is 0.100. The van der Waals surface area contributed by atoms with Gasteiger partial charge in [-0.2, -0.15) is 0 Å². The molecule has 0 aliphatic rings. The smallest absolute Gasteiger partial charge is 0.249 e. The van der Waals surface area contributed by atoms with E-state index in [-0.39, 0.29) is 0 Å². The standard InChI is InChI=1S/C27H23N2O2/c1-17-10-12-19(21-7-4-3-6-20(17)21)15-29-24-9-5-8-23(27(28)30)26(24)22-13-11-18(16-31-2)14-25(22)29/h3-12,14H,15-16H2,1-2H3,(H2,28,30). The third-order valence-corrected chi connectivity index (χ3v) is 5.99. The van der Waals surface area contributed by atoms with Gasteiger partial charge in [0.1, 0.15) is 0 Å². The van der Waals surface area contributed by atoms with Gasteiger partial charge >= 0.3 is 0 Å². The van der Waals surface area contributed by atoms with Crippen molar-refractivity contribution >= 4 is 38.5 Å². The second-order valence-electron chi connectivity index (χ2n) is 7.94. The molecule has 0 bridgehead atoms. The van der Waals surface area contributed by atoms with Crippen molar-refractivity contribution < 1.29 is 9.53 Å². The van der Waals surface area contributed by atoms with Crippen LogP contribution in [0.25, 0.3) is 32.6 Å². The average molecular weight is 407 g/mol. The van der Waals surface area contributed by atoms with E-state index in [1.54, 1.807) is 13.2 Å². The maximum absolute atomic E-state index is 12.2. The number of nitrogens with two attached hydrogens (primary N) is 1. The van der Waals surface area contributed by atoms with Gasteiger partial charge in [-0.15, -0.1) is 0 Å². The third-order valence-electron chi connectivity index (χ3n) is 5.99. The molecule has 1 aromatic heterocycles. The first kappa shape index (κ1) is 19.3. The molecule has 1 amide bonds. The highest BCUT2D eigenvalue weighted by Crippen LogP contribution is 2.34. The molecule has 153 valence electrons. The van der Waals surface area contributed by atoms with Crippen molar-refractivity contribution in [2.24, 2.45) is 5.73 Å². The normalized spacial score (nSPS) is 11.5. The second-order valence-corrected chi connectivity index (χ2v) is 7.94. The second kappa shape index (κ2) is 7.56. The number of fused-ring (bicyclic) bond motifs is 4. The molecule has 0 spiro atoms. The van der Waals surface area contributed by atoms with Gasteiger partial charge in [0.15, 0.2) is 0 Å². The zero-order valence-electron chi connectivity index (χ0n) is 17.6. The molecule has 0 saturated carbocycles. The molecule has 5 rings (SSSR count). The lowest BCUT2D eigenvalue weighted by Gasteiger charge is -2.13. The molecule has 31 heavy (non-hydrogen) atoms. The van der Waals surface area contributed by atoms with Gasteiger partial charge in [-0.3, -0.25) is 4.79 Å². The average Bonchev–Trinajstić information content (AvgIpc) is 3.09. The lowest BCUT2D eigenvalue weighted by Crippen LogP contribution is -2.11. The molecule has 1 radical (unpaired) electrons. The molecule has 4 heteroatoms. The molecular weight excluding hydrogens is 384 g/mol. The number of benzene rings is 4. The van der Waals surface area contributed by atoms with Gasteiger partial charge in [-0.25, -0.2) is 0 Å². The number of aromatic nitrogens is 1. The van der Waals surface area contributed by atoms with Crippen molar-refractivity contribution in [3.05, 3.63) is 95.1 Å². The summed E-state index contributed by atoms with van der Waals surface area (Å²) in [6.45, 7) is 3.31. The van der Waals surface area contributed by atoms with E-state index in [9.17, 15) is 4.79 Å². The summed E-state index contributed by atoms with van der Waals surface area (Å²) >= 11 is 0. The van der Waals surface area contributed by atoms with Crippen LogP contribution in [0.15, 0.2) is 66.7 Å². The molecule has 0 unspecified atom stereocenters. The fourth-order valence-corrected chi connectivity index (χ4v) is 4.54. The van der Waals surface area contributed by atoms with Crippen LogP contribution >= 0.6 is 0 Å². The third kappa shape index (κ3) is 3.16. The number of ether oxygens (including phenoxy) is 1. The van der Waals surface area contributed by atoms with Crippen LogP contribution in [0.5, 0.6) is 0 Å². The van der Waals surface area contributed by atoms with Gasteiger partial charge in [-0.05, 0) is 64.7 Å². The summed E-state index contributed by atoms with van der Waals surface area (Å²) in [6.07, 6.45) is 0. The molecule has 0 saturated heterocycles. The van der Waals surface area contributed by atoms with E-state index in [1.165, 1.54) is 21.9 Å². The summed E-state index contributed by atoms with van der Waals surface area (Å²) in [4.78, 5) is 12.2. The van der Waals surface area contributed by atoms with Crippen LogP contribution in [0, 0.1) is 13.0 Å². The number of aryl methyl sites for hydroxylation is 1. The number of amides is 1. The van der Waals surface area contributed by atoms with Gasteiger partial charge in [0.05, 0.1) is 17.6 Å². The molecular formula is C27H23N2O2. The van der Waals surface area contributed by atoms with Crippen molar-refractivity contribution in [1.82, 2.24) is 4.57 Å². The number of carbonyl (C=O) groups excluding carboxylic acids is 1. The van der Waals surface area contributed by atoms with Crippen LogP contribution < -0.4 is 5.73 Å². The Labute approximate surface area is 180 Å². The van der Waals surface area contributed by atoms with Gasteiger partial charge in [0, 0.05) is 30.0 Å². The molecule has 1 heterocycles. The Kier molecular flexibility index (Phi) is 4.72. The maximum Gasteiger partial charge on any atom is 0.249 e. The van der Waals surface area contributed by atoms with E-state index in [2.05, 4.69) is 60.0 Å². The Morgan fingerprint density at radius 3 is 2.61 bits per heavy atom. The van der Waals surface area contributed by atoms with Crippen LogP contribution in [0.4, 0.5) is 0 Å². The highest BCUT2D eigenvalue weighted by Gasteiger charge is 2.18. The van der Waals surface area contributed by atoms with E-state index in [4.69, 9.17) is 10.5 Å². The molecule has 4 nitrogen and oxygen atoms in total. The Hall–Kier alpha value is -3.63. The van der Waals surface area contributed by atoms with Crippen molar-refractivity contribution in [1.29, 1.82) is 0 Å². The molecule has 0 aliphatic heterocycles. The molecule has 0 aliphatic carbocycles. The molecule has 0 atom stereocenters. The lowest BCUT2D eigenvalue weighted by atomic mass is 10.0. The predicted molar refractivity (Wildman–Crippen MR) is 125 cm³/mol. The fourth-order valence-electron chi connectivity index (χ4n) is 4.54. The monoisotopic (exact) mass is 407 g/mol. The molecule has 0 fully saturated rings. The Morgan fingerprint density at radius 2 is 1.84 bits per heavy atom. The SMILES string of the molecule is COCc1c[c]c2c3c(C(N)=O)cccc3n(Cc3ccc(C)c4ccccc34)c2c1. The minimum absolute atomic E-state index is 0.431. The predicted octanol–water partition coefficient (Wildman–Crippen LogP) is 5.35. The van der Waals surface area contributed by atoms with E-state index in [1.807, 2.05) is 18.2 Å². The number of carbonyl (C=O) groups is 1. The minimum Gasteiger partial charge on any atom is -0.380 e. The summed E-state index contributed by atoms with van der Waals surface area (Å²) in [5, 5.41) is 4.25. The van der Waals surface area contributed by atoms with Gasteiger partial charge in [-0.1, -0.05) is 42.5 Å². The van der Waals surface area contributed by atoms with Gasteiger partial charge < -0.3 is 15.0 Å². The van der Waals surface area contributed by atoms with Crippen molar-refractivity contribution in [2.45, 2.75) is 20.1 Å². The Morgan fingerprint density at radius 1 is 1.03 bits per heavy atom. The first-order valence-electron chi connectivity index (χ1n) is 10.3. The molecule has 5 aromatic rings. The van der Waals surface area contributed by atoms with Gasteiger partial charge in [0.2, 0.25) is 5.91 Å². The largest absolute Gasteiger partial charge is 0.380 e. The number of hydrogen-bond acceptors (Lipinski definition) is 2. The summed E-state index contributed by atoms with van der Waals surface area (Å²) in [5.41, 5.74) is 11.7. The maximum atomic E-state index is 12.2. The first-order valence-corrected chi connectivity index (χ1v) is 10.3. The van der Waals surface area contributed by atoms with E-state index in [0.29, 0.717) is 18.7 Å². The number of rotatable bonds is 5. The van der Waals surface area contributed by atoms with Crippen LogP contribution in [-0.4, -0.2) is 17.6 Å². The van der Waals surface area contributed by atoms with E-state index in [0.717, 1.165) is 27.4 Å². The van der Waals surface area contributed by atoms with Crippen LogP contribution in [0.2, 0.25) is 0 Å². The summed E-state index contributed by atoms with van der Waals surface area (Å²) in [5.74, 6) is -0.431. The topological polar surface area (TPSA) is 57.2 Å². The number of nitrogens with zero attached hydrogens (tertiary/aromatic N) is 1. The summed E-state index contributed by atoms with van der Waals surface area (Å²) < 4.78 is 7.59. The quantitative estimate of drug-likeness (QED) is 0.427. The minimum atomic E-state index is -0.431. The van der Waals surface area contributed by atoms with Crippen LogP contribution in [0.1, 0.15) is 27.0 Å². The van der Waals surface area contributed by atoms with Crippen molar-refractivity contribution in [2.75, 3.05) is 7.11 Å². The Balaban J connectivity index is 1.81. The van der Waals surface area contributed by atoms with E-state index >= 15 is 0 Å². The van der Waals surface area contributed by atoms with Crippen molar-refractivity contribution in [3.63, 3.8) is 0 Å². The summed E-state index contributed by atoms with van der Waals surface area (Å²) in [7, 11) is 1.68.